The van der Waals surface area contributed by atoms with Crippen LogP contribution in [0.1, 0.15) is 41.0 Å². The molecule has 0 bridgehead atoms. The summed E-state index contributed by atoms with van der Waals surface area (Å²) >= 11 is 1.32. The second kappa shape index (κ2) is 8.54. The van der Waals surface area contributed by atoms with E-state index in [-0.39, 0.29) is 10.8 Å². The highest BCUT2D eigenvalue weighted by Crippen LogP contribution is 2.27. The number of alkyl carbamates (subject to hydrolysis) is 1. The maximum atomic E-state index is 13.0. The number of fused-ring (bicyclic) bond motifs is 1. The molecule has 154 valence electrons. The lowest BCUT2D eigenvalue weighted by Crippen LogP contribution is -2.44. The normalized spacial score (nSPS) is 15.1. The number of aromatic nitrogens is 1. The number of hydrogen-bond acceptors (Lipinski definition) is 6. The monoisotopic (exact) mass is 426 g/mol. The standard InChI is InChI=1S/C18H26N4O4S2/c1-11(2)9-12(21-17(24)26-18(3,4)5)16(23)22-28(19,25)14-10-27-13-7-6-8-20-15(13)14/h6-8,10-12H,9H2,1-5H3,(H,21,24)(H2,19,22,23,25)/t12-,28?/m0/s1. The molecule has 0 aliphatic carbocycles. The van der Waals surface area contributed by atoms with Crippen molar-refractivity contribution in [3.8, 4) is 0 Å². The number of hydrogen-bond donors (Lipinski definition) is 2. The van der Waals surface area contributed by atoms with Crippen molar-refractivity contribution in [3.63, 3.8) is 0 Å². The number of ether oxygens (including phenoxy) is 1. The zero-order valence-electron chi connectivity index (χ0n) is 16.6. The summed E-state index contributed by atoms with van der Waals surface area (Å²) in [5, 5.41) is 10.0. The maximum absolute atomic E-state index is 13.0. The fraction of sp³-hybridized carbons (Fsp3) is 0.500. The number of carbonyl (C=O) groups excluding carboxylic acids is 2. The SMILES string of the molecule is CC(C)C[C@H](NC(=O)OC(C)(C)C)C(=O)N=S(N)(=O)c1csc2cccnc12. The molecule has 0 aliphatic heterocycles. The van der Waals surface area contributed by atoms with E-state index >= 15 is 0 Å². The number of carbonyl (C=O) groups is 2. The van der Waals surface area contributed by atoms with Crippen molar-refractivity contribution in [1.82, 2.24) is 10.3 Å². The average molecular weight is 427 g/mol. The molecule has 28 heavy (non-hydrogen) atoms. The third-order valence-electron chi connectivity index (χ3n) is 3.53. The molecule has 2 rings (SSSR count). The van der Waals surface area contributed by atoms with Crippen LogP contribution in [0.25, 0.3) is 10.2 Å². The zero-order valence-corrected chi connectivity index (χ0v) is 18.2. The van der Waals surface area contributed by atoms with Crippen LogP contribution in [-0.4, -0.2) is 32.8 Å². The summed E-state index contributed by atoms with van der Waals surface area (Å²) in [5.74, 6) is -0.682. The first-order valence-electron chi connectivity index (χ1n) is 8.79. The third kappa shape index (κ3) is 5.98. The van der Waals surface area contributed by atoms with E-state index in [0.29, 0.717) is 11.9 Å². The van der Waals surface area contributed by atoms with Gasteiger partial charge in [-0.15, -0.1) is 15.7 Å². The Morgan fingerprint density at radius 1 is 1.39 bits per heavy atom. The Morgan fingerprint density at radius 3 is 2.68 bits per heavy atom. The van der Waals surface area contributed by atoms with E-state index in [9.17, 15) is 13.8 Å². The second-order valence-electron chi connectivity index (χ2n) is 7.78. The summed E-state index contributed by atoms with van der Waals surface area (Å²) in [7, 11) is -3.51. The first kappa shape index (κ1) is 22.3. The molecule has 2 aromatic heterocycles. The van der Waals surface area contributed by atoms with Crippen LogP contribution in [0.4, 0.5) is 4.79 Å². The highest BCUT2D eigenvalue weighted by Gasteiger charge is 2.27. The van der Waals surface area contributed by atoms with Gasteiger partial charge < -0.3 is 10.1 Å². The Balaban J connectivity index is 2.32. The van der Waals surface area contributed by atoms with Crippen LogP contribution < -0.4 is 10.5 Å². The van der Waals surface area contributed by atoms with E-state index in [1.54, 1.807) is 38.4 Å². The van der Waals surface area contributed by atoms with Gasteiger partial charge in [0.1, 0.15) is 21.6 Å². The molecule has 0 saturated heterocycles. The molecule has 2 heterocycles. The Labute approximate surface area is 169 Å². The van der Waals surface area contributed by atoms with Crippen molar-refractivity contribution in [2.45, 2.75) is 57.6 Å². The van der Waals surface area contributed by atoms with Crippen molar-refractivity contribution >= 4 is 43.5 Å². The van der Waals surface area contributed by atoms with E-state index in [1.807, 2.05) is 19.9 Å². The molecule has 2 atom stereocenters. The summed E-state index contributed by atoms with van der Waals surface area (Å²) in [6.07, 6.45) is 1.12. The van der Waals surface area contributed by atoms with Crippen molar-refractivity contribution < 1.29 is 18.5 Å². The number of rotatable bonds is 5. The minimum absolute atomic E-state index is 0.0801. The molecule has 2 amide bonds. The van der Waals surface area contributed by atoms with Crippen molar-refractivity contribution in [2.24, 2.45) is 15.4 Å². The predicted octanol–water partition coefficient (Wildman–Crippen LogP) is 3.46. The minimum Gasteiger partial charge on any atom is -0.444 e. The molecule has 2 aromatic rings. The molecule has 0 fully saturated rings. The largest absolute Gasteiger partial charge is 0.444 e. The highest BCUT2D eigenvalue weighted by molar-refractivity contribution is 7.92. The molecule has 0 spiro atoms. The molecule has 3 N–H and O–H groups in total. The van der Waals surface area contributed by atoms with E-state index in [0.717, 1.165) is 4.70 Å². The first-order valence-corrected chi connectivity index (χ1v) is 11.3. The molecule has 0 radical (unpaired) electrons. The summed E-state index contributed by atoms with van der Waals surface area (Å²) in [6, 6.07) is 2.59. The van der Waals surface area contributed by atoms with Crippen molar-refractivity contribution in [3.05, 3.63) is 23.7 Å². The Bertz CT molecular complexity index is 985. The second-order valence-corrected chi connectivity index (χ2v) is 10.4. The van der Waals surface area contributed by atoms with Gasteiger partial charge in [0.15, 0.2) is 0 Å². The zero-order chi connectivity index (χ0) is 21.1. The molecule has 8 nitrogen and oxygen atoms in total. The lowest BCUT2D eigenvalue weighted by Gasteiger charge is -2.23. The van der Waals surface area contributed by atoms with E-state index in [1.165, 1.54) is 11.3 Å². The first-order chi connectivity index (χ1) is 12.9. The van der Waals surface area contributed by atoms with Gasteiger partial charge in [-0.3, -0.25) is 9.78 Å². The van der Waals surface area contributed by atoms with Gasteiger partial charge in [0, 0.05) is 11.6 Å². The highest BCUT2D eigenvalue weighted by atomic mass is 32.2. The van der Waals surface area contributed by atoms with E-state index in [2.05, 4.69) is 14.7 Å². The van der Waals surface area contributed by atoms with Crippen LogP contribution in [0.2, 0.25) is 0 Å². The van der Waals surface area contributed by atoms with E-state index < -0.39 is 33.6 Å². The summed E-state index contributed by atoms with van der Waals surface area (Å²) < 4.78 is 22.8. The minimum atomic E-state index is -3.51. The Kier molecular flexibility index (Phi) is 6.79. The molecule has 0 aliphatic rings. The van der Waals surface area contributed by atoms with Gasteiger partial charge in [-0.1, -0.05) is 13.8 Å². The smallest absolute Gasteiger partial charge is 0.408 e. The van der Waals surface area contributed by atoms with Gasteiger partial charge in [-0.25, -0.2) is 14.1 Å². The predicted molar refractivity (Wildman–Crippen MR) is 110 cm³/mol. The number of amides is 2. The van der Waals surface area contributed by atoms with E-state index in [4.69, 9.17) is 9.88 Å². The third-order valence-corrected chi connectivity index (χ3v) is 6.01. The molecular weight excluding hydrogens is 400 g/mol. The number of nitrogens with one attached hydrogen (secondary N) is 1. The maximum Gasteiger partial charge on any atom is 0.408 e. The number of thiophene rings is 1. The topological polar surface area (TPSA) is 124 Å². The van der Waals surface area contributed by atoms with Gasteiger partial charge >= 0.3 is 6.09 Å². The van der Waals surface area contributed by atoms with Gasteiger partial charge in [0.2, 0.25) is 0 Å². The molecule has 10 heteroatoms. The van der Waals surface area contributed by atoms with Crippen LogP contribution >= 0.6 is 11.3 Å². The van der Waals surface area contributed by atoms with Crippen LogP contribution in [0.3, 0.4) is 0 Å². The Hall–Kier alpha value is -2.04. The molecule has 0 saturated carbocycles. The van der Waals surface area contributed by atoms with Gasteiger partial charge in [0.05, 0.1) is 15.1 Å². The van der Waals surface area contributed by atoms with Crippen molar-refractivity contribution in [1.29, 1.82) is 0 Å². The summed E-state index contributed by atoms with van der Waals surface area (Å²) in [6.45, 7) is 8.95. The fourth-order valence-corrected chi connectivity index (χ4v) is 4.91. The lowest BCUT2D eigenvalue weighted by atomic mass is 10.0. The fourth-order valence-electron chi connectivity index (χ4n) is 2.44. The molecule has 0 aromatic carbocycles. The average Bonchev–Trinajstić information content (AvgIpc) is 2.96. The van der Waals surface area contributed by atoms with Gasteiger partial charge in [-0.2, -0.15) is 0 Å². The summed E-state index contributed by atoms with van der Waals surface area (Å²) in [5.41, 5.74) is -0.257. The number of nitrogens with two attached hydrogens (primary N) is 1. The number of pyridine rings is 1. The number of nitrogens with zero attached hydrogens (tertiary/aromatic N) is 2. The lowest BCUT2D eigenvalue weighted by molar-refractivity contribution is -0.120. The molecular formula is C18H26N4O4S2. The Morgan fingerprint density at radius 2 is 2.07 bits per heavy atom. The van der Waals surface area contributed by atoms with Crippen LogP contribution in [0.15, 0.2) is 33.0 Å². The molecule has 1 unspecified atom stereocenters. The van der Waals surface area contributed by atoms with Gasteiger partial charge in [0.25, 0.3) is 5.91 Å². The quantitative estimate of drug-likeness (QED) is 0.758. The van der Waals surface area contributed by atoms with Crippen molar-refractivity contribution in [2.75, 3.05) is 0 Å². The van der Waals surface area contributed by atoms with Crippen LogP contribution in [0, 0.1) is 5.92 Å². The van der Waals surface area contributed by atoms with Crippen LogP contribution in [-0.2, 0) is 19.4 Å². The summed E-state index contributed by atoms with van der Waals surface area (Å²) in [4.78, 5) is 29.2. The van der Waals surface area contributed by atoms with Crippen LogP contribution in [0.5, 0.6) is 0 Å². The van der Waals surface area contributed by atoms with Gasteiger partial charge in [-0.05, 0) is 45.2 Å².